The van der Waals surface area contributed by atoms with Crippen molar-refractivity contribution < 1.29 is 18.7 Å². The number of nitrogens with zero attached hydrogens (tertiary/aromatic N) is 3. The zero-order valence-electron chi connectivity index (χ0n) is 12.0. The van der Waals surface area contributed by atoms with Gasteiger partial charge in [0.1, 0.15) is 17.2 Å². The van der Waals surface area contributed by atoms with Crippen LogP contribution in [0, 0.1) is 11.6 Å². The number of carbonyl (C=O) groups is 1. The third kappa shape index (κ3) is 3.42. The largest absolute Gasteiger partial charge is 0.478 e. The highest BCUT2D eigenvalue weighted by Gasteiger charge is 2.20. The fraction of sp³-hybridized carbons (Fsp3) is 0.267. The average Bonchev–Trinajstić information content (AvgIpc) is 2.54. The maximum Gasteiger partial charge on any atom is 0.339 e. The molecule has 120 valence electrons. The topological polar surface area (TPSA) is 66.3 Å². The Hall–Kier alpha value is -2.22. The second-order valence-corrected chi connectivity index (χ2v) is 6.22. The van der Waals surface area contributed by atoms with Crippen LogP contribution in [0.4, 0.5) is 14.7 Å². The van der Waals surface area contributed by atoms with E-state index in [4.69, 9.17) is 0 Å². The first-order valence-corrected chi connectivity index (χ1v) is 8.09. The van der Waals surface area contributed by atoms with Gasteiger partial charge in [0.05, 0.1) is 5.69 Å². The van der Waals surface area contributed by atoms with Crippen molar-refractivity contribution in [2.45, 2.75) is 0 Å². The standard InChI is InChI=1S/C15H13F2N3O2S/c16-10-5-9(6-11(17)7-10)13-12(14(21)22)8-18-15(19-13)20-1-3-23-4-2-20/h5-8H,1-4H2,(H,21,22). The summed E-state index contributed by atoms with van der Waals surface area (Å²) >= 11 is 1.82. The molecule has 0 spiro atoms. The molecule has 0 unspecified atom stereocenters. The smallest absolute Gasteiger partial charge is 0.339 e. The van der Waals surface area contributed by atoms with E-state index in [9.17, 15) is 18.7 Å². The summed E-state index contributed by atoms with van der Waals surface area (Å²) in [7, 11) is 0. The molecule has 1 aromatic carbocycles. The van der Waals surface area contributed by atoms with Gasteiger partial charge in [-0.2, -0.15) is 11.8 Å². The summed E-state index contributed by atoms with van der Waals surface area (Å²) in [5.41, 5.74) is -0.0980. The van der Waals surface area contributed by atoms with Crippen LogP contribution >= 0.6 is 11.8 Å². The Morgan fingerprint density at radius 3 is 2.43 bits per heavy atom. The fourth-order valence-electron chi connectivity index (χ4n) is 2.36. The SMILES string of the molecule is O=C(O)c1cnc(N2CCSCC2)nc1-c1cc(F)cc(F)c1. The van der Waals surface area contributed by atoms with E-state index in [0.717, 1.165) is 42.8 Å². The van der Waals surface area contributed by atoms with Crippen LogP contribution in [0.5, 0.6) is 0 Å². The van der Waals surface area contributed by atoms with Crippen molar-refractivity contribution >= 4 is 23.7 Å². The van der Waals surface area contributed by atoms with E-state index in [1.165, 1.54) is 6.20 Å². The van der Waals surface area contributed by atoms with Gasteiger partial charge >= 0.3 is 5.97 Å². The number of anilines is 1. The first-order valence-electron chi connectivity index (χ1n) is 6.94. The van der Waals surface area contributed by atoms with Crippen LogP contribution in [-0.4, -0.2) is 45.6 Å². The van der Waals surface area contributed by atoms with Crippen LogP contribution in [-0.2, 0) is 0 Å². The zero-order valence-corrected chi connectivity index (χ0v) is 12.8. The van der Waals surface area contributed by atoms with Crippen LogP contribution in [0.2, 0.25) is 0 Å². The van der Waals surface area contributed by atoms with E-state index in [1.54, 1.807) is 0 Å². The van der Waals surface area contributed by atoms with Gasteiger partial charge < -0.3 is 10.0 Å². The number of carboxylic acids is 1. The van der Waals surface area contributed by atoms with Gasteiger partial charge in [-0.05, 0) is 12.1 Å². The van der Waals surface area contributed by atoms with Gasteiger partial charge in [0.15, 0.2) is 0 Å². The van der Waals surface area contributed by atoms with Crippen molar-refractivity contribution in [1.82, 2.24) is 9.97 Å². The number of rotatable bonds is 3. The number of carboxylic acid groups (broad SMARTS) is 1. The summed E-state index contributed by atoms with van der Waals surface area (Å²) in [6.07, 6.45) is 1.19. The highest BCUT2D eigenvalue weighted by molar-refractivity contribution is 7.99. The van der Waals surface area contributed by atoms with E-state index in [2.05, 4.69) is 9.97 Å². The van der Waals surface area contributed by atoms with Gasteiger partial charge in [0.25, 0.3) is 0 Å². The minimum atomic E-state index is -1.24. The van der Waals surface area contributed by atoms with Crippen molar-refractivity contribution in [3.05, 3.63) is 41.6 Å². The number of thioether (sulfide) groups is 1. The van der Waals surface area contributed by atoms with Crippen LogP contribution in [0.1, 0.15) is 10.4 Å². The van der Waals surface area contributed by atoms with Crippen molar-refractivity contribution in [2.75, 3.05) is 29.5 Å². The van der Waals surface area contributed by atoms with E-state index in [-0.39, 0.29) is 16.8 Å². The molecule has 1 fully saturated rings. The lowest BCUT2D eigenvalue weighted by Gasteiger charge is -2.26. The maximum absolute atomic E-state index is 13.5. The van der Waals surface area contributed by atoms with Crippen molar-refractivity contribution in [3.63, 3.8) is 0 Å². The minimum absolute atomic E-state index is 0.0131. The summed E-state index contributed by atoms with van der Waals surface area (Å²) < 4.78 is 26.9. The molecular formula is C15H13F2N3O2S. The van der Waals surface area contributed by atoms with Gasteiger partial charge in [-0.25, -0.2) is 23.5 Å². The summed E-state index contributed by atoms with van der Waals surface area (Å²) in [5.74, 6) is -0.598. The van der Waals surface area contributed by atoms with E-state index >= 15 is 0 Å². The van der Waals surface area contributed by atoms with Crippen LogP contribution in [0.15, 0.2) is 24.4 Å². The predicted molar refractivity (Wildman–Crippen MR) is 83.9 cm³/mol. The summed E-state index contributed by atoms with van der Waals surface area (Å²) in [4.78, 5) is 21.7. The van der Waals surface area contributed by atoms with Crippen LogP contribution in [0.25, 0.3) is 11.3 Å². The van der Waals surface area contributed by atoms with Gasteiger partial charge in [-0.15, -0.1) is 0 Å². The van der Waals surface area contributed by atoms with E-state index in [1.807, 2.05) is 16.7 Å². The molecule has 1 aliphatic rings. The molecule has 0 radical (unpaired) electrons. The number of hydrogen-bond donors (Lipinski definition) is 1. The number of benzene rings is 1. The monoisotopic (exact) mass is 337 g/mol. The van der Waals surface area contributed by atoms with Gasteiger partial charge in [0, 0.05) is 42.4 Å². The lowest BCUT2D eigenvalue weighted by atomic mass is 10.1. The molecule has 2 heterocycles. The van der Waals surface area contributed by atoms with Crippen molar-refractivity contribution in [2.24, 2.45) is 0 Å². The number of halogens is 2. The Morgan fingerprint density at radius 1 is 1.17 bits per heavy atom. The Kier molecular flexibility index (Phi) is 4.42. The Morgan fingerprint density at radius 2 is 1.83 bits per heavy atom. The van der Waals surface area contributed by atoms with Crippen molar-refractivity contribution in [3.8, 4) is 11.3 Å². The first kappa shape index (κ1) is 15.7. The number of aromatic nitrogens is 2. The molecule has 3 rings (SSSR count). The molecule has 1 aliphatic heterocycles. The summed E-state index contributed by atoms with van der Waals surface area (Å²) in [6, 6.07) is 2.86. The summed E-state index contributed by atoms with van der Waals surface area (Å²) in [5, 5.41) is 9.28. The predicted octanol–water partition coefficient (Wildman–Crippen LogP) is 2.67. The van der Waals surface area contributed by atoms with E-state index < -0.39 is 17.6 Å². The van der Waals surface area contributed by atoms with Gasteiger partial charge in [-0.3, -0.25) is 0 Å². The fourth-order valence-corrected chi connectivity index (χ4v) is 3.26. The first-order chi connectivity index (χ1) is 11.0. The number of hydrogen-bond acceptors (Lipinski definition) is 5. The third-order valence-corrected chi connectivity index (χ3v) is 4.38. The van der Waals surface area contributed by atoms with Crippen molar-refractivity contribution in [1.29, 1.82) is 0 Å². The second-order valence-electron chi connectivity index (χ2n) is 4.99. The molecule has 5 nitrogen and oxygen atoms in total. The lowest BCUT2D eigenvalue weighted by Crippen LogP contribution is -2.34. The Bertz CT molecular complexity index is 731. The molecular weight excluding hydrogens is 324 g/mol. The molecule has 23 heavy (non-hydrogen) atoms. The van der Waals surface area contributed by atoms with Gasteiger partial charge in [-0.1, -0.05) is 0 Å². The van der Waals surface area contributed by atoms with Crippen LogP contribution in [0.3, 0.4) is 0 Å². The highest BCUT2D eigenvalue weighted by Crippen LogP contribution is 2.26. The number of aromatic carboxylic acids is 1. The molecule has 1 aromatic heterocycles. The lowest BCUT2D eigenvalue weighted by molar-refractivity contribution is 0.0697. The molecule has 2 aromatic rings. The Balaban J connectivity index is 2.09. The second kappa shape index (κ2) is 6.49. The molecule has 0 amide bonds. The molecule has 0 atom stereocenters. The normalized spacial score (nSPS) is 14.8. The zero-order chi connectivity index (χ0) is 16.4. The summed E-state index contributed by atoms with van der Waals surface area (Å²) in [6.45, 7) is 1.49. The molecule has 1 saturated heterocycles. The highest BCUT2D eigenvalue weighted by atomic mass is 32.2. The molecule has 1 N–H and O–H groups in total. The Labute approximate surface area is 135 Å². The van der Waals surface area contributed by atoms with Gasteiger partial charge in [0.2, 0.25) is 5.95 Å². The molecule has 0 saturated carbocycles. The molecule has 0 bridgehead atoms. The quantitative estimate of drug-likeness (QED) is 0.929. The molecule has 8 heteroatoms. The minimum Gasteiger partial charge on any atom is -0.478 e. The maximum atomic E-state index is 13.5. The third-order valence-electron chi connectivity index (χ3n) is 3.44. The van der Waals surface area contributed by atoms with E-state index in [0.29, 0.717) is 5.95 Å². The molecule has 0 aliphatic carbocycles. The van der Waals surface area contributed by atoms with Crippen LogP contribution < -0.4 is 4.90 Å². The average molecular weight is 337 g/mol.